The molecule has 0 bridgehead atoms. The van der Waals surface area contributed by atoms with Crippen molar-refractivity contribution in [3.63, 3.8) is 0 Å². The van der Waals surface area contributed by atoms with Gasteiger partial charge in [0, 0.05) is 49.9 Å². The zero-order chi connectivity index (χ0) is 22.7. The summed E-state index contributed by atoms with van der Waals surface area (Å²) in [5.41, 5.74) is 3.65. The van der Waals surface area contributed by atoms with Crippen molar-refractivity contribution in [2.24, 2.45) is 0 Å². The molecule has 1 aromatic heterocycles. The lowest BCUT2D eigenvalue weighted by Gasteiger charge is -2.45. The van der Waals surface area contributed by atoms with Crippen LogP contribution in [0.1, 0.15) is 37.3 Å². The summed E-state index contributed by atoms with van der Waals surface area (Å²) in [7, 11) is 1.67. The van der Waals surface area contributed by atoms with E-state index in [1.54, 1.807) is 29.5 Å². The molecule has 1 aromatic carbocycles. The maximum absolute atomic E-state index is 14.0. The molecule has 0 saturated carbocycles. The van der Waals surface area contributed by atoms with Crippen molar-refractivity contribution >= 4 is 17.7 Å². The molecular formula is C25H31N3O3S. The first-order valence-electron chi connectivity index (χ1n) is 11.3. The lowest BCUT2D eigenvalue weighted by Crippen LogP contribution is -2.50. The average Bonchev–Trinajstić information content (AvgIpc) is 2.81. The Balaban J connectivity index is 1.85. The van der Waals surface area contributed by atoms with Crippen molar-refractivity contribution in [3.05, 3.63) is 58.4 Å². The molecule has 0 radical (unpaired) electrons. The molecule has 32 heavy (non-hydrogen) atoms. The highest BCUT2D eigenvalue weighted by Crippen LogP contribution is 2.46. The van der Waals surface area contributed by atoms with E-state index < -0.39 is 0 Å². The molecule has 1 saturated heterocycles. The molecule has 2 aliphatic rings. The number of carbonyl (C=O) groups is 1. The van der Waals surface area contributed by atoms with Gasteiger partial charge >= 0.3 is 0 Å². The number of piperidine rings is 1. The van der Waals surface area contributed by atoms with Gasteiger partial charge in [0.25, 0.3) is 5.56 Å². The number of carbonyl (C=O) groups excluding carboxylic acids is 1. The number of benzene rings is 1. The van der Waals surface area contributed by atoms with Crippen LogP contribution in [-0.4, -0.2) is 52.9 Å². The van der Waals surface area contributed by atoms with Gasteiger partial charge in [0.15, 0.2) is 5.16 Å². The number of thioether (sulfide) groups is 1. The second kappa shape index (κ2) is 9.63. The predicted octanol–water partition coefficient (Wildman–Crippen LogP) is 3.66. The maximum Gasteiger partial charge on any atom is 0.258 e. The molecule has 1 spiro atoms. The fraction of sp³-hybridized carbons (Fsp3) is 0.480. The average molecular weight is 454 g/mol. The Morgan fingerprint density at radius 1 is 1.31 bits per heavy atom. The Bertz CT molecular complexity index is 1070. The van der Waals surface area contributed by atoms with Crippen molar-refractivity contribution in [2.75, 3.05) is 32.6 Å². The van der Waals surface area contributed by atoms with Crippen molar-refractivity contribution in [1.29, 1.82) is 0 Å². The first-order valence-corrected chi connectivity index (χ1v) is 12.3. The normalized spacial score (nSPS) is 16.5. The standard InChI is InChI=1S/C25H31N3O3S/c1-4-12-28-23(30)21-22(26-24(28)32-16-15-31-3)19-9-7-6-8-18(19)17-25(21)10-13-27(14-11-25)20(29)5-2/h4,6-9H,1,5,10-17H2,2-3H3. The Morgan fingerprint density at radius 2 is 2.06 bits per heavy atom. The van der Waals surface area contributed by atoms with Gasteiger partial charge in [0.2, 0.25) is 5.91 Å². The minimum atomic E-state index is -0.295. The second-order valence-corrected chi connectivity index (χ2v) is 9.57. The number of nitrogens with zero attached hydrogens (tertiary/aromatic N) is 3. The van der Waals surface area contributed by atoms with E-state index in [-0.39, 0.29) is 16.9 Å². The number of amides is 1. The highest BCUT2D eigenvalue weighted by molar-refractivity contribution is 7.99. The number of hydrogen-bond donors (Lipinski definition) is 0. The molecular weight excluding hydrogens is 422 g/mol. The third-order valence-corrected chi connectivity index (χ3v) is 7.61. The van der Waals surface area contributed by atoms with Gasteiger partial charge < -0.3 is 9.64 Å². The lowest BCUT2D eigenvalue weighted by molar-refractivity contribution is -0.132. The quantitative estimate of drug-likeness (QED) is 0.277. The third-order valence-electron chi connectivity index (χ3n) is 6.67. The van der Waals surface area contributed by atoms with Crippen LogP contribution in [0.25, 0.3) is 11.3 Å². The third kappa shape index (κ3) is 4.04. The molecule has 2 heterocycles. The highest BCUT2D eigenvalue weighted by Gasteiger charge is 2.45. The number of hydrogen-bond acceptors (Lipinski definition) is 5. The summed E-state index contributed by atoms with van der Waals surface area (Å²) < 4.78 is 6.96. The van der Waals surface area contributed by atoms with Crippen LogP contribution in [0.3, 0.4) is 0 Å². The van der Waals surface area contributed by atoms with Gasteiger partial charge in [0.05, 0.1) is 17.9 Å². The van der Waals surface area contributed by atoms with Crippen LogP contribution in [0.15, 0.2) is 46.9 Å². The van der Waals surface area contributed by atoms with Crippen LogP contribution in [-0.2, 0) is 27.9 Å². The summed E-state index contributed by atoms with van der Waals surface area (Å²) >= 11 is 1.54. The Morgan fingerprint density at radius 3 is 2.75 bits per heavy atom. The number of fused-ring (bicyclic) bond motifs is 4. The van der Waals surface area contributed by atoms with E-state index >= 15 is 0 Å². The number of allylic oxidation sites excluding steroid dienone is 1. The van der Waals surface area contributed by atoms with Gasteiger partial charge in [-0.2, -0.15) is 0 Å². The fourth-order valence-electron chi connectivity index (χ4n) is 5.02. The van der Waals surface area contributed by atoms with Gasteiger partial charge in [-0.1, -0.05) is 49.0 Å². The zero-order valence-electron chi connectivity index (χ0n) is 18.9. The molecule has 170 valence electrons. The topological polar surface area (TPSA) is 64.4 Å². The fourth-order valence-corrected chi connectivity index (χ4v) is 5.92. The van der Waals surface area contributed by atoms with E-state index in [1.807, 2.05) is 17.9 Å². The van der Waals surface area contributed by atoms with Gasteiger partial charge in [-0.05, 0) is 24.8 Å². The summed E-state index contributed by atoms with van der Waals surface area (Å²) in [5.74, 6) is 0.906. The summed E-state index contributed by atoms with van der Waals surface area (Å²) in [6.07, 6.45) is 4.64. The molecule has 4 rings (SSSR count). The van der Waals surface area contributed by atoms with Crippen molar-refractivity contribution in [1.82, 2.24) is 14.5 Å². The number of rotatable bonds is 7. The molecule has 1 aliphatic carbocycles. The smallest absolute Gasteiger partial charge is 0.258 e. The molecule has 1 aliphatic heterocycles. The van der Waals surface area contributed by atoms with Crippen LogP contribution >= 0.6 is 11.8 Å². The summed E-state index contributed by atoms with van der Waals surface area (Å²) in [4.78, 5) is 33.3. The Labute approximate surface area is 193 Å². The van der Waals surface area contributed by atoms with Crippen LogP contribution in [0.5, 0.6) is 0 Å². The number of methoxy groups -OCH3 is 1. The predicted molar refractivity (Wildman–Crippen MR) is 128 cm³/mol. The van der Waals surface area contributed by atoms with E-state index in [4.69, 9.17) is 9.72 Å². The maximum atomic E-state index is 14.0. The molecule has 2 aromatic rings. The van der Waals surface area contributed by atoms with Crippen LogP contribution in [0, 0.1) is 0 Å². The summed E-state index contributed by atoms with van der Waals surface area (Å²) in [5, 5.41) is 0.705. The second-order valence-electron chi connectivity index (χ2n) is 8.51. The minimum Gasteiger partial charge on any atom is -0.384 e. The van der Waals surface area contributed by atoms with E-state index in [1.165, 1.54) is 5.56 Å². The largest absolute Gasteiger partial charge is 0.384 e. The van der Waals surface area contributed by atoms with E-state index in [2.05, 4.69) is 24.8 Å². The zero-order valence-corrected chi connectivity index (χ0v) is 19.7. The van der Waals surface area contributed by atoms with E-state index in [0.717, 1.165) is 41.8 Å². The van der Waals surface area contributed by atoms with Gasteiger partial charge in [-0.15, -0.1) is 6.58 Å². The molecule has 7 heteroatoms. The Hall–Kier alpha value is -2.38. The van der Waals surface area contributed by atoms with Gasteiger partial charge in [-0.25, -0.2) is 4.98 Å². The summed E-state index contributed by atoms with van der Waals surface area (Å²) in [6, 6.07) is 8.29. The van der Waals surface area contributed by atoms with Crippen molar-refractivity contribution < 1.29 is 9.53 Å². The molecule has 0 atom stereocenters. The first kappa shape index (κ1) is 22.8. The molecule has 0 N–H and O–H groups in total. The van der Waals surface area contributed by atoms with Crippen molar-refractivity contribution in [2.45, 2.75) is 49.7 Å². The molecule has 0 unspecified atom stereocenters. The van der Waals surface area contributed by atoms with Crippen LogP contribution in [0.4, 0.5) is 0 Å². The minimum absolute atomic E-state index is 0.0274. The van der Waals surface area contributed by atoms with E-state index in [0.29, 0.717) is 37.8 Å². The monoisotopic (exact) mass is 453 g/mol. The van der Waals surface area contributed by atoms with Crippen LogP contribution in [0.2, 0.25) is 0 Å². The van der Waals surface area contributed by atoms with E-state index in [9.17, 15) is 9.59 Å². The Kier molecular flexibility index (Phi) is 6.86. The van der Waals surface area contributed by atoms with Crippen LogP contribution < -0.4 is 5.56 Å². The number of aromatic nitrogens is 2. The molecule has 1 fully saturated rings. The first-order chi connectivity index (χ1) is 15.5. The molecule has 1 amide bonds. The highest BCUT2D eigenvalue weighted by atomic mass is 32.2. The lowest BCUT2D eigenvalue weighted by atomic mass is 9.64. The number of ether oxygens (including phenoxy) is 1. The molecule has 6 nitrogen and oxygen atoms in total. The summed E-state index contributed by atoms with van der Waals surface area (Å²) in [6.45, 7) is 8.14. The van der Waals surface area contributed by atoms with Crippen molar-refractivity contribution in [3.8, 4) is 11.3 Å². The van der Waals surface area contributed by atoms with Gasteiger partial charge in [0.1, 0.15) is 0 Å². The SMILES string of the molecule is C=CCn1c(SCCOC)nc2c(c1=O)C1(CCN(C(=O)CC)CC1)Cc1ccccc1-2. The number of likely N-dealkylation sites (tertiary alicyclic amines) is 1. The van der Waals surface area contributed by atoms with Gasteiger partial charge in [-0.3, -0.25) is 14.2 Å².